The van der Waals surface area contributed by atoms with E-state index in [9.17, 15) is 14.9 Å². The molecule has 0 spiro atoms. The molecule has 0 radical (unpaired) electrons. The van der Waals surface area contributed by atoms with E-state index in [0.717, 1.165) is 25.3 Å². The molecule has 25 heavy (non-hydrogen) atoms. The molecule has 1 aromatic carbocycles. The van der Waals surface area contributed by atoms with Crippen LogP contribution in [0.2, 0.25) is 0 Å². The third-order valence-corrected chi connectivity index (χ3v) is 5.07. The molecule has 0 atom stereocenters. The summed E-state index contributed by atoms with van der Waals surface area (Å²) in [6.07, 6.45) is 3.75. The van der Waals surface area contributed by atoms with Crippen LogP contribution in [0.5, 0.6) is 0 Å². The first-order chi connectivity index (χ1) is 12.0. The molecule has 0 aliphatic carbocycles. The Morgan fingerprint density at radius 2 is 2.12 bits per heavy atom. The number of nitrogens with zero attached hydrogens (tertiary/aromatic N) is 3. The van der Waals surface area contributed by atoms with Crippen molar-refractivity contribution < 1.29 is 9.72 Å². The predicted molar refractivity (Wildman–Crippen MR) is 97.0 cm³/mol. The molecule has 2 aromatic rings. The molecule has 1 N–H and O–H groups in total. The van der Waals surface area contributed by atoms with Crippen molar-refractivity contribution in [1.82, 2.24) is 9.88 Å². The SMILES string of the molecule is Cc1cc(C(=O)Nc2nc(CN3CCCCC3)cs2)ccc1[N+](=O)[O-]. The van der Waals surface area contributed by atoms with Crippen LogP contribution in [-0.2, 0) is 6.54 Å². The van der Waals surface area contributed by atoms with E-state index in [1.807, 2.05) is 5.38 Å². The van der Waals surface area contributed by atoms with Gasteiger partial charge < -0.3 is 0 Å². The Bertz CT molecular complexity index is 784. The Balaban J connectivity index is 1.63. The van der Waals surface area contributed by atoms with Crippen LogP contribution in [0.1, 0.15) is 40.9 Å². The number of nitrogens with one attached hydrogen (secondary N) is 1. The molecule has 0 unspecified atom stereocenters. The normalized spacial score (nSPS) is 15.1. The van der Waals surface area contributed by atoms with Gasteiger partial charge in [0, 0.05) is 29.1 Å². The Morgan fingerprint density at radius 1 is 1.36 bits per heavy atom. The number of aryl methyl sites for hydroxylation is 1. The topological polar surface area (TPSA) is 88.4 Å². The van der Waals surface area contributed by atoms with Crippen molar-refractivity contribution in [2.75, 3.05) is 18.4 Å². The van der Waals surface area contributed by atoms with Crippen LogP contribution in [0.3, 0.4) is 0 Å². The first kappa shape index (κ1) is 17.5. The Kier molecular flexibility index (Phi) is 5.40. The van der Waals surface area contributed by atoms with E-state index in [2.05, 4.69) is 15.2 Å². The summed E-state index contributed by atoms with van der Waals surface area (Å²) in [6, 6.07) is 4.34. The van der Waals surface area contributed by atoms with Crippen LogP contribution >= 0.6 is 11.3 Å². The lowest BCUT2D eigenvalue weighted by atomic mass is 10.1. The van der Waals surface area contributed by atoms with E-state index in [1.54, 1.807) is 6.92 Å². The molecule has 0 saturated carbocycles. The molecule has 0 bridgehead atoms. The fourth-order valence-electron chi connectivity index (χ4n) is 2.95. The van der Waals surface area contributed by atoms with Crippen molar-refractivity contribution in [3.63, 3.8) is 0 Å². The highest BCUT2D eigenvalue weighted by Gasteiger charge is 2.16. The third-order valence-electron chi connectivity index (χ3n) is 4.26. The predicted octanol–water partition coefficient (Wildman–Crippen LogP) is 3.60. The zero-order valence-corrected chi connectivity index (χ0v) is 14.8. The molecule has 132 valence electrons. The zero-order chi connectivity index (χ0) is 17.8. The molecule has 7 nitrogen and oxygen atoms in total. The summed E-state index contributed by atoms with van der Waals surface area (Å²) in [4.78, 5) is 29.6. The number of carbonyl (C=O) groups is 1. The van der Waals surface area contributed by atoms with E-state index in [-0.39, 0.29) is 11.6 Å². The largest absolute Gasteiger partial charge is 0.298 e. The van der Waals surface area contributed by atoms with Crippen molar-refractivity contribution in [2.45, 2.75) is 32.7 Å². The van der Waals surface area contributed by atoms with Gasteiger partial charge in [0.15, 0.2) is 5.13 Å². The third kappa shape index (κ3) is 4.40. The van der Waals surface area contributed by atoms with Gasteiger partial charge in [-0.25, -0.2) is 4.98 Å². The minimum absolute atomic E-state index is 0.00890. The number of hydrogen-bond donors (Lipinski definition) is 1. The van der Waals surface area contributed by atoms with Crippen LogP contribution in [0, 0.1) is 17.0 Å². The van der Waals surface area contributed by atoms with Crippen molar-refractivity contribution in [3.05, 3.63) is 50.5 Å². The van der Waals surface area contributed by atoms with E-state index in [4.69, 9.17) is 0 Å². The van der Waals surface area contributed by atoms with Gasteiger partial charge in [-0.2, -0.15) is 0 Å². The van der Waals surface area contributed by atoms with Crippen LogP contribution in [0.15, 0.2) is 23.6 Å². The van der Waals surface area contributed by atoms with Gasteiger partial charge in [0.2, 0.25) is 0 Å². The number of amides is 1. The number of nitro groups is 1. The number of nitro benzene ring substituents is 1. The van der Waals surface area contributed by atoms with Gasteiger partial charge >= 0.3 is 0 Å². The number of anilines is 1. The molecule has 1 amide bonds. The van der Waals surface area contributed by atoms with Crippen LogP contribution in [-0.4, -0.2) is 33.8 Å². The van der Waals surface area contributed by atoms with Crippen LogP contribution in [0.4, 0.5) is 10.8 Å². The maximum absolute atomic E-state index is 12.3. The number of piperidine rings is 1. The quantitative estimate of drug-likeness (QED) is 0.650. The van der Waals surface area contributed by atoms with Crippen molar-refractivity contribution in [2.24, 2.45) is 0 Å². The fourth-order valence-corrected chi connectivity index (χ4v) is 3.65. The fraction of sp³-hybridized carbons (Fsp3) is 0.412. The second-order valence-corrected chi connectivity index (χ2v) is 7.05. The molecule has 1 saturated heterocycles. The second kappa shape index (κ2) is 7.71. The molecule has 1 aliphatic rings. The van der Waals surface area contributed by atoms with E-state index in [0.29, 0.717) is 16.3 Å². The lowest BCUT2D eigenvalue weighted by Gasteiger charge is -2.25. The van der Waals surface area contributed by atoms with E-state index >= 15 is 0 Å². The van der Waals surface area contributed by atoms with Gasteiger partial charge in [0.1, 0.15) is 0 Å². The molecular weight excluding hydrogens is 340 g/mol. The summed E-state index contributed by atoms with van der Waals surface area (Å²) >= 11 is 1.40. The Hall–Kier alpha value is -2.32. The van der Waals surface area contributed by atoms with Gasteiger partial charge in [-0.15, -0.1) is 11.3 Å². The van der Waals surface area contributed by atoms with Gasteiger partial charge in [0.25, 0.3) is 11.6 Å². The van der Waals surface area contributed by atoms with Gasteiger partial charge in [-0.05, 0) is 45.0 Å². The molecule has 1 aromatic heterocycles. The average Bonchev–Trinajstić information content (AvgIpc) is 3.02. The molecule has 3 rings (SSSR count). The highest BCUT2D eigenvalue weighted by Crippen LogP contribution is 2.22. The van der Waals surface area contributed by atoms with E-state index < -0.39 is 4.92 Å². The Morgan fingerprint density at radius 3 is 2.80 bits per heavy atom. The molecular formula is C17H20N4O3S. The van der Waals surface area contributed by atoms with Crippen molar-refractivity contribution >= 4 is 28.1 Å². The number of benzene rings is 1. The maximum Gasteiger partial charge on any atom is 0.272 e. The summed E-state index contributed by atoms with van der Waals surface area (Å²) in [7, 11) is 0. The number of carbonyl (C=O) groups excluding carboxylic acids is 1. The molecule has 1 fully saturated rings. The summed E-state index contributed by atoms with van der Waals surface area (Å²) in [6.45, 7) is 4.63. The average molecular weight is 360 g/mol. The minimum Gasteiger partial charge on any atom is -0.298 e. The molecule has 2 heterocycles. The first-order valence-electron chi connectivity index (χ1n) is 8.26. The van der Waals surface area contributed by atoms with Crippen LogP contribution in [0.25, 0.3) is 0 Å². The summed E-state index contributed by atoms with van der Waals surface area (Å²) in [5.41, 5.74) is 1.81. The number of aromatic nitrogens is 1. The second-order valence-electron chi connectivity index (χ2n) is 6.19. The van der Waals surface area contributed by atoms with Gasteiger partial charge in [-0.3, -0.25) is 25.1 Å². The lowest BCUT2D eigenvalue weighted by molar-refractivity contribution is -0.385. The number of likely N-dealkylation sites (tertiary alicyclic amines) is 1. The summed E-state index contributed by atoms with van der Waals surface area (Å²) < 4.78 is 0. The minimum atomic E-state index is -0.454. The highest BCUT2D eigenvalue weighted by atomic mass is 32.1. The van der Waals surface area contributed by atoms with Gasteiger partial charge in [-0.1, -0.05) is 6.42 Å². The zero-order valence-electron chi connectivity index (χ0n) is 14.0. The first-order valence-corrected chi connectivity index (χ1v) is 9.14. The molecule has 1 aliphatic heterocycles. The van der Waals surface area contributed by atoms with Crippen molar-refractivity contribution in [3.8, 4) is 0 Å². The standard InChI is InChI=1S/C17H20N4O3S/c1-12-9-13(5-6-15(12)21(23)24)16(22)19-17-18-14(11-25-17)10-20-7-3-2-4-8-20/h5-6,9,11H,2-4,7-8,10H2,1H3,(H,18,19,22). The highest BCUT2D eigenvalue weighted by molar-refractivity contribution is 7.13. The smallest absolute Gasteiger partial charge is 0.272 e. The molecule has 8 heteroatoms. The summed E-state index contributed by atoms with van der Waals surface area (Å²) in [5.74, 6) is -0.308. The van der Waals surface area contributed by atoms with Gasteiger partial charge in [0.05, 0.1) is 10.6 Å². The van der Waals surface area contributed by atoms with E-state index in [1.165, 1.54) is 48.8 Å². The Labute approximate surface area is 149 Å². The number of thiazole rings is 1. The monoisotopic (exact) mass is 360 g/mol. The van der Waals surface area contributed by atoms with Crippen LogP contribution < -0.4 is 5.32 Å². The lowest BCUT2D eigenvalue weighted by Crippen LogP contribution is -2.29. The van der Waals surface area contributed by atoms with Crippen molar-refractivity contribution in [1.29, 1.82) is 0 Å². The summed E-state index contributed by atoms with van der Waals surface area (Å²) in [5, 5.41) is 16.1. The number of hydrogen-bond acceptors (Lipinski definition) is 6. The maximum atomic E-state index is 12.3. The number of rotatable bonds is 5.